The van der Waals surface area contributed by atoms with Gasteiger partial charge in [-0.05, 0) is 39.7 Å². The maximum absolute atomic E-state index is 5.47. The summed E-state index contributed by atoms with van der Waals surface area (Å²) in [6.45, 7) is 9.73. The van der Waals surface area contributed by atoms with Gasteiger partial charge in [-0.25, -0.2) is 0 Å². The first-order valence-electron chi connectivity index (χ1n) is 8.95. The zero-order valence-electron chi connectivity index (χ0n) is 16.7. The second-order valence-electron chi connectivity index (χ2n) is 6.64. The molecule has 1 heterocycles. The number of aliphatic imine (C=N–C) groups is 1. The predicted molar refractivity (Wildman–Crippen MR) is 108 cm³/mol. The topological polar surface area (TPSA) is 58.5 Å². The molecule has 2 aromatic rings. The van der Waals surface area contributed by atoms with E-state index in [1.54, 1.807) is 14.2 Å². The van der Waals surface area contributed by atoms with E-state index in [4.69, 9.17) is 4.74 Å². The van der Waals surface area contributed by atoms with Crippen LogP contribution in [-0.4, -0.2) is 31.6 Å². The Hall–Kier alpha value is -2.56. The Morgan fingerprint density at radius 3 is 2.38 bits per heavy atom. The van der Waals surface area contributed by atoms with Crippen LogP contribution in [0.3, 0.4) is 0 Å². The highest BCUT2D eigenvalue weighted by molar-refractivity contribution is 5.79. The predicted octanol–water partition coefficient (Wildman–Crippen LogP) is 3.23. The van der Waals surface area contributed by atoms with Crippen LogP contribution in [0.2, 0.25) is 0 Å². The fourth-order valence-electron chi connectivity index (χ4n) is 3.18. The molecule has 0 aliphatic rings. The summed E-state index contributed by atoms with van der Waals surface area (Å²) >= 11 is 0. The molecule has 0 saturated heterocycles. The molecule has 0 atom stereocenters. The van der Waals surface area contributed by atoms with Gasteiger partial charge in [0.05, 0.1) is 19.3 Å². The summed E-state index contributed by atoms with van der Waals surface area (Å²) in [6, 6.07) is 6.66. The molecule has 0 aliphatic carbocycles. The lowest BCUT2D eigenvalue weighted by Gasteiger charge is -2.15. The van der Waals surface area contributed by atoms with Crippen molar-refractivity contribution < 1.29 is 4.74 Å². The van der Waals surface area contributed by atoms with Crippen molar-refractivity contribution in [2.24, 2.45) is 4.99 Å². The molecule has 0 unspecified atom stereocenters. The third kappa shape index (κ3) is 5.22. The van der Waals surface area contributed by atoms with Crippen LogP contribution in [-0.2, 0) is 13.0 Å². The number of pyridine rings is 1. The molecule has 26 heavy (non-hydrogen) atoms. The van der Waals surface area contributed by atoms with Gasteiger partial charge in [0.1, 0.15) is 5.75 Å². The maximum Gasteiger partial charge on any atom is 0.191 e. The van der Waals surface area contributed by atoms with Crippen LogP contribution in [0, 0.1) is 27.7 Å². The van der Waals surface area contributed by atoms with Crippen molar-refractivity contribution in [1.29, 1.82) is 0 Å². The second-order valence-corrected chi connectivity index (χ2v) is 6.64. The van der Waals surface area contributed by atoms with E-state index in [1.807, 2.05) is 20.0 Å². The molecule has 0 aliphatic heterocycles. The van der Waals surface area contributed by atoms with Crippen LogP contribution in [0.5, 0.6) is 5.75 Å². The van der Waals surface area contributed by atoms with Gasteiger partial charge in [0.25, 0.3) is 0 Å². The van der Waals surface area contributed by atoms with Gasteiger partial charge >= 0.3 is 0 Å². The van der Waals surface area contributed by atoms with Gasteiger partial charge < -0.3 is 15.4 Å². The summed E-state index contributed by atoms with van der Waals surface area (Å²) in [5, 5.41) is 6.69. The molecule has 2 rings (SSSR count). The van der Waals surface area contributed by atoms with Crippen LogP contribution in [0.25, 0.3) is 0 Å². The molecule has 140 valence electrons. The number of hydrogen-bond donors (Lipinski definition) is 2. The van der Waals surface area contributed by atoms with E-state index in [0.29, 0.717) is 6.54 Å². The number of nitrogens with zero attached hydrogens (tertiary/aromatic N) is 2. The van der Waals surface area contributed by atoms with Gasteiger partial charge in [0.15, 0.2) is 5.96 Å². The smallest absolute Gasteiger partial charge is 0.191 e. The summed E-state index contributed by atoms with van der Waals surface area (Å²) in [4.78, 5) is 8.81. The monoisotopic (exact) mass is 354 g/mol. The van der Waals surface area contributed by atoms with Crippen LogP contribution in [0.4, 0.5) is 0 Å². The molecule has 1 aromatic heterocycles. The number of methoxy groups -OCH3 is 1. The van der Waals surface area contributed by atoms with E-state index in [0.717, 1.165) is 41.5 Å². The van der Waals surface area contributed by atoms with E-state index in [-0.39, 0.29) is 0 Å². The van der Waals surface area contributed by atoms with Gasteiger partial charge in [0, 0.05) is 30.9 Å². The average Bonchev–Trinajstić information content (AvgIpc) is 2.59. The fraction of sp³-hybridized carbons (Fsp3) is 0.429. The normalized spacial score (nSPS) is 11.4. The number of guanidine groups is 1. The van der Waals surface area contributed by atoms with Gasteiger partial charge in [-0.15, -0.1) is 0 Å². The lowest BCUT2D eigenvalue weighted by atomic mass is 10.1. The van der Waals surface area contributed by atoms with Crippen LogP contribution in [0.15, 0.2) is 29.4 Å². The lowest BCUT2D eigenvalue weighted by molar-refractivity contribution is 0.406. The Labute approximate surface area is 156 Å². The molecule has 0 bridgehead atoms. The Balaban J connectivity index is 1.90. The lowest BCUT2D eigenvalue weighted by Crippen LogP contribution is -2.38. The van der Waals surface area contributed by atoms with Crippen molar-refractivity contribution in [2.75, 3.05) is 20.7 Å². The van der Waals surface area contributed by atoms with E-state index in [1.165, 1.54) is 16.7 Å². The molecular formula is C21H30N4O. The van der Waals surface area contributed by atoms with Crippen molar-refractivity contribution in [1.82, 2.24) is 15.6 Å². The summed E-state index contributed by atoms with van der Waals surface area (Å²) in [7, 11) is 3.47. The standard InChI is InChI=1S/C21H30N4O/c1-14-9-15(2)11-18(10-14)7-8-23-21(22-5)25-13-19-17(4)20(26-6)16(3)12-24-19/h9-12H,7-8,13H2,1-6H3,(H2,22,23,25). The number of aryl methyl sites for hydroxylation is 3. The first-order chi connectivity index (χ1) is 12.4. The van der Waals surface area contributed by atoms with Crippen molar-refractivity contribution >= 4 is 5.96 Å². The molecule has 0 fully saturated rings. The van der Waals surface area contributed by atoms with Crippen molar-refractivity contribution in [3.05, 3.63) is 57.9 Å². The van der Waals surface area contributed by atoms with E-state index in [9.17, 15) is 0 Å². The number of ether oxygens (including phenoxy) is 1. The minimum atomic E-state index is 0.603. The highest BCUT2D eigenvalue weighted by Gasteiger charge is 2.09. The summed E-state index contributed by atoms with van der Waals surface area (Å²) in [5.41, 5.74) is 7.01. The SMILES string of the molecule is CN=C(NCCc1cc(C)cc(C)c1)NCc1ncc(C)c(OC)c1C. The molecule has 5 heteroatoms. The Morgan fingerprint density at radius 1 is 1.08 bits per heavy atom. The molecule has 0 spiro atoms. The molecule has 0 amide bonds. The number of aromatic nitrogens is 1. The second kappa shape index (κ2) is 9.22. The number of rotatable bonds is 6. The van der Waals surface area contributed by atoms with Gasteiger partial charge in [0.2, 0.25) is 0 Å². The molecule has 0 saturated carbocycles. The van der Waals surface area contributed by atoms with Crippen LogP contribution in [0.1, 0.15) is 33.5 Å². The molecule has 2 N–H and O–H groups in total. The number of nitrogens with one attached hydrogen (secondary N) is 2. The van der Waals surface area contributed by atoms with Gasteiger partial charge in [-0.1, -0.05) is 29.3 Å². The number of benzene rings is 1. The third-order valence-electron chi connectivity index (χ3n) is 4.38. The largest absolute Gasteiger partial charge is 0.496 e. The quantitative estimate of drug-likeness (QED) is 0.618. The highest BCUT2D eigenvalue weighted by Crippen LogP contribution is 2.23. The van der Waals surface area contributed by atoms with E-state index >= 15 is 0 Å². The summed E-state index contributed by atoms with van der Waals surface area (Å²) in [5.74, 6) is 1.67. The zero-order chi connectivity index (χ0) is 19.1. The molecular weight excluding hydrogens is 324 g/mol. The number of hydrogen-bond acceptors (Lipinski definition) is 3. The van der Waals surface area contributed by atoms with Crippen molar-refractivity contribution in [3.8, 4) is 5.75 Å². The molecule has 5 nitrogen and oxygen atoms in total. The van der Waals surface area contributed by atoms with E-state index < -0.39 is 0 Å². The average molecular weight is 354 g/mol. The Kier molecular flexibility index (Phi) is 7.01. The first kappa shape index (κ1) is 19.8. The van der Waals surface area contributed by atoms with Crippen molar-refractivity contribution in [2.45, 2.75) is 40.7 Å². The summed E-state index contributed by atoms with van der Waals surface area (Å²) < 4.78 is 5.47. The van der Waals surface area contributed by atoms with Gasteiger partial charge in [-0.3, -0.25) is 9.98 Å². The molecule has 0 radical (unpaired) electrons. The summed E-state index contributed by atoms with van der Waals surface area (Å²) in [6.07, 6.45) is 2.80. The van der Waals surface area contributed by atoms with Crippen LogP contribution < -0.4 is 15.4 Å². The molecule has 1 aromatic carbocycles. The Morgan fingerprint density at radius 2 is 1.77 bits per heavy atom. The fourth-order valence-corrected chi connectivity index (χ4v) is 3.18. The maximum atomic E-state index is 5.47. The minimum Gasteiger partial charge on any atom is -0.496 e. The van der Waals surface area contributed by atoms with Crippen molar-refractivity contribution in [3.63, 3.8) is 0 Å². The minimum absolute atomic E-state index is 0.603. The third-order valence-corrected chi connectivity index (χ3v) is 4.38. The van der Waals surface area contributed by atoms with E-state index in [2.05, 4.69) is 52.7 Å². The first-order valence-corrected chi connectivity index (χ1v) is 8.95. The van der Waals surface area contributed by atoms with Gasteiger partial charge in [-0.2, -0.15) is 0 Å². The highest BCUT2D eigenvalue weighted by atomic mass is 16.5. The Bertz CT molecular complexity index is 764. The van der Waals surface area contributed by atoms with Crippen LogP contribution >= 0.6 is 0 Å². The zero-order valence-corrected chi connectivity index (χ0v) is 16.7.